The summed E-state index contributed by atoms with van der Waals surface area (Å²) >= 11 is 0. The predicted octanol–water partition coefficient (Wildman–Crippen LogP) is 5.56. The number of nitrogens with zero attached hydrogens (tertiary/aromatic N) is 2. The molecule has 1 amide bonds. The molecular weight excluding hydrogens is 394 g/mol. The van der Waals surface area contributed by atoms with Crippen LogP contribution in [0.3, 0.4) is 0 Å². The van der Waals surface area contributed by atoms with Crippen LogP contribution < -0.4 is 14.8 Å². The number of fused-ring (bicyclic) bond motifs is 1. The molecule has 0 unspecified atom stereocenters. The molecule has 2 aromatic carbocycles. The fraction of sp³-hybridized carbons (Fsp3) is 0.333. The number of rotatable bonds is 7. The third-order valence-corrected chi connectivity index (χ3v) is 4.82. The fourth-order valence-electron chi connectivity index (χ4n) is 3.65. The monoisotopic (exact) mass is 421 g/mol. The zero-order valence-electron chi connectivity index (χ0n) is 18.5. The van der Waals surface area contributed by atoms with Crippen molar-refractivity contribution in [3.63, 3.8) is 0 Å². The number of hydrogen-bond acceptors (Lipinski definition) is 5. The standard InChI is InChI=1S/C24H27N3O4/c1-6-27-21-13-17(31-15(3)4)9-10-18(21)19(14-25)23(27)16-8-11-22(29-5)20(12-16)26-24(28)30-7-2/h8-13,15H,6-7H2,1-5H3,(H,26,28). The van der Waals surface area contributed by atoms with E-state index in [-0.39, 0.29) is 12.7 Å². The van der Waals surface area contributed by atoms with Gasteiger partial charge in [-0.1, -0.05) is 0 Å². The molecule has 0 aliphatic rings. The van der Waals surface area contributed by atoms with Crippen molar-refractivity contribution in [3.8, 4) is 28.8 Å². The van der Waals surface area contributed by atoms with E-state index in [1.165, 1.54) is 7.11 Å². The Morgan fingerprint density at radius 3 is 2.58 bits per heavy atom. The van der Waals surface area contributed by atoms with Gasteiger partial charge in [0.15, 0.2) is 0 Å². The van der Waals surface area contributed by atoms with Crippen molar-refractivity contribution in [1.29, 1.82) is 5.26 Å². The van der Waals surface area contributed by atoms with Crippen LogP contribution in [-0.2, 0) is 11.3 Å². The summed E-state index contributed by atoms with van der Waals surface area (Å²) in [6.45, 7) is 8.64. The first-order valence-corrected chi connectivity index (χ1v) is 10.3. The minimum absolute atomic E-state index is 0.0514. The molecule has 7 heteroatoms. The Kier molecular flexibility index (Phi) is 6.71. The number of aryl methyl sites for hydroxylation is 1. The molecule has 3 aromatic rings. The van der Waals surface area contributed by atoms with Gasteiger partial charge in [-0.05, 0) is 58.0 Å². The number of ether oxygens (including phenoxy) is 3. The van der Waals surface area contributed by atoms with Gasteiger partial charge in [-0.3, -0.25) is 5.32 Å². The zero-order chi connectivity index (χ0) is 22.5. The van der Waals surface area contributed by atoms with Crippen LogP contribution in [0.4, 0.5) is 10.5 Å². The number of aromatic nitrogens is 1. The Morgan fingerprint density at radius 1 is 1.19 bits per heavy atom. The predicted molar refractivity (Wildman–Crippen MR) is 121 cm³/mol. The lowest BCUT2D eigenvalue weighted by Crippen LogP contribution is -2.14. The van der Waals surface area contributed by atoms with E-state index >= 15 is 0 Å². The molecule has 0 spiro atoms. The maximum Gasteiger partial charge on any atom is 0.411 e. The van der Waals surface area contributed by atoms with E-state index in [2.05, 4.69) is 16.0 Å². The lowest BCUT2D eigenvalue weighted by atomic mass is 10.0. The summed E-state index contributed by atoms with van der Waals surface area (Å²) in [5.41, 5.74) is 3.52. The molecule has 31 heavy (non-hydrogen) atoms. The number of amides is 1. The first-order valence-electron chi connectivity index (χ1n) is 10.3. The van der Waals surface area contributed by atoms with Gasteiger partial charge in [-0.15, -0.1) is 0 Å². The molecule has 0 saturated heterocycles. The highest BCUT2D eigenvalue weighted by molar-refractivity contribution is 5.96. The number of methoxy groups -OCH3 is 1. The second kappa shape index (κ2) is 9.43. The highest BCUT2D eigenvalue weighted by Crippen LogP contribution is 2.38. The lowest BCUT2D eigenvalue weighted by molar-refractivity contribution is 0.168. The second-order valence-electron chi connectivity index (χ2n) is 7.19. The summed E-state index contributed by atoms with van der Waals surface area (Å²) in [6, 6.07) is 13.6. The fourth-order valence-corrected chi connectivity index (χ4v) is 3.65. The quantitative estimate of drug-likeness (QED) is 0.539. The van der Waals surface area contributed by atoms with Crippen molar-refractivity contribution >= 4 is 22.7 Å². The van der Waals surface area contributed by atoms with E-state index in [0.717, 1.165) is 27.9 Å². The third kappa shape index (κ3) is 4.43. The first kappa shape index (κ1) is 22.0. The summed E-state index contributed by atoms with van der Waals surface area (Å²) in [5, 5.41) is 13.5. The molecule has 0 bridgehead atoms. The molecule has 0 aliphatic carbocycles. The van der Waals surface area contributed by atoms with Gasteiger partial charge in [-0.25, -0.2) is 4.79 Å². The molecular formula is C24H27N3O4. The normalized spacial score (nSPS) is 10.7. The largest absolute Gasteiger partial charge is 0.495 e. The van der Waals surface area contributed by atoms with E-state index in [4.69, 9.17) is 14.2 Å². The van der Waals surface area contributed by atoms with E-state index in [9.17, 15) is 10.1 Å². The first-order chi connectivity index (χ1) is 14.9. The van der Waals surface area contributed by atoms with Crippen LogP contribution >= 0.6 is 0 Å². The van der Waals surface area contributed by atoms with Gasteiger partial charge >= 0.3 is 6.09 Å². The average molecular weight is 421 g/mol. The van der Waals surface area contributed by atoms with Gasteiger partial charge < -0.3 is 18.8 Å². The van der Waals surface area contributed by atoms with Gasteiger partial charge in [0, 0.05) is 23.6 Å². The molecule has 0 fully saturated rings. The second-order valence-corrected chi connectivity index (χ2v) is 7.19. The van der Waals surface area contributed by atoms with Gasteiger partial charge in [0.05, 0.1) is 42.3 Å². The van der Waals surface area contributed by atoms with Crippen LogP contribution in [0.25, 0.3) is 22.2 Å². The van der Waals surface area contributed by atoms with E-state index in [1.807, 2.05) is 45.0 Å². The zero-order valence-corrected chi connectivity index (χ0v) is 18.5. The molecule has 1 N–H and O–H groups in total. The molecule has 0 radical (unpaired) electrons. The highest BCUT2D eigenvalue weighted by Gasteiger charge is 2.20. The van der Waals surface area contributed by atoms with Crippen LogP contribution in [0.5, 0.6) is 11.5 Å². The van der Waals surface area contributed by atoms with Crippen molar-refractivity contribution in [2.75, 3.05) is 19.0 Å². The van der Waals surface area contributed by atoms with Crippen LogP contribution in [0.15, 0.2) is 36.4 Å². The minimum atomic E-state index is -0.565. The lowest BCUT2D eigenvalue weighted by Gasteiger charge is -2.14. The Hall–Kier alpha value is -3.66. The van der Waals surface area contributed by atoms with Crippen LogP contribution in [0, 0.1) is 11.3 Å². The van der Waals surface area contributed by atoms with Crippen molar-refractivity contribution in [3.05, 3.63) is 42.0 Å². The van der Waals surface area contributed by atoms with E-state index in [1.54, 1.807) is 19.1 Å². The molecule has 162 valence electrons. The number of hydrogen-bond donors (Lipinski definition) is 1. The third-order valence-electron chi connectivity index (χ3n) is 4.82. The van der Waals surface area contributed by atoms with Gasteiger partial charge in [0.25, 0.3) is 0 Å². The molecule has 1 aromatic heterocycles. The number of nitriles is 1. The Balaban J connectivity index is 2.19. The summed E-state index contributed by atoms with van der Waals surface area (Å²) < 4.78 is 18.3. The molecule has 0 saturated carbocycles. The van der Waals surface area contributed by atoms with Crippen LogP contribution in [0.2, 0.25) is 0 Å². The summed E-state index contributed by atoms with van der Waals surface area (Å²) in [6.07, 6.45) is -0.513. The van der Waals surface area contributed by atoms with Gasteiger partial charge in [0.2, 0.25) is 0 Å². The minimum Gasteiger partial charge on any atom is -0.495 e. The summed E-state index contributed by atoms with van der Waals surface area (Å²) in [7, 11) is 1.53. The Labute approximate surface area is 182 Å². The smallest absolute Gasteiger partial charge is 0.411 e. The van der Waals surface area contributed by atoms with Gasteiger partial charge in [0.1, 0.15) is 17.6 Å². The molecule has 0 aliphatic heterocycles. The number of anilines is 1. The van der Waals surface area contributed by atoms with Crippen LogP contribution in [0.1, 0.15) is 33.3 Å². The summed E-state index contributed by atoms with van der Waals surface area (Å²) in [5.74, 6) is 1.26. The molecule has 1 heterocycles. The average Bonchev–Trinajstić information content (AvgIpc) is 3.06. The van der Waals surface area contributed by atoms with E-state index in [0.29, 0.717) is 23.5 Å². The number of benzene rings is 2. The van der Waals surface area contributed by atoms with Crippen molar-refractivity contribution in [1.82, 2.24) is 4.57 Å². The molecule has 3 rings (SSSR count). The number of nitrogens with one attached hydrogen (secondary N) is 1. The topological polar surface area (TPSA) is 85.5 Å². The van der Waals surface area contributed by atoms with Gasteiger partial charge in [-0.2, -0.15) is 5.26 Å². The van der Waals surface area contributed by atoms with E-state index < -0.39 is 6.09 Å². The van der Waals surface area contributed by atoms with Crippen molar-refractivity contribution in [2.45, 2.75) is 40.3 Å². The molecule has 0 atom stereocenters. The maximum absolute atomic E-state index is 12.0. The highest BCUT2D eigenvalue weighted by atomic mass is 16.5. The SMILES string of the molecule is CCOC(=O)Nc1cc(-c2c(C#N)c3ccc(OC(C)C)cc3n2CC)ccc1OC. The van der Waals surface area contributed by atoms with Crippen LogP contribution in [-0.4, -0.2) is 30.5 Å². The van der Waals surface area contributed by atoms with Crippen molar-refractivity contribution < 1.29 is 19.0 Å². The Bertz CT molecular complexity index is 1140. The molecule has 7 nitrogen and oxygen atoms in total. The maximum atomic E-state index is 12.0. The number of carbonyl (C=O) groups excluding carboxylic acids is 1. The Morgan fingerprint density at radius 2 is 1.97 bits per heavy atom. The summed E-state index contributed by atoms with van der Waals surface area (Å²) in [4.78, 5) is 12.0. The van der Waals surface area contributed by atoms with Crippen molar-refractivity contribution in [2.24, 2.45) is 0 Å². The number of carbonyl (C=O) groups is 1.